The molecular formula is C10H19N2OV-. The minimum Gasteiger partial charge on any atom is -0.675 e. The molecule has 2 heterocycles. The Hall–Kier alpha value is 0.464. The zero-order valence-electron chi connectivity index (χ0n) is 8.61. The van der Waals surface area contributed by atoms with Crippen LogP contribution in [0.1, 0.15) is 25.7 Å². The topological polar surface area (TPSA) is 36.3 Å². The Morgan fingerprint density at radius 1 is 1.00 bits per heavy atom. The van der Waals surface area contributed by atoms with Gasteiger partial charge in [-0.25, -0.2) is 0 Å². The molecule has 0 bridgehead atoms. The van der Waals surface area contributed by atoms with E-state index in [-0.39, 0.29) is 24.6 Å². The summed E-state index contributed by atoms with van der Waals surface area (Å²) in [5.74, 6) is 0. The minimum atomic E-state index is 0. The van der Waals surface area contributed by atoms with Crippen LogP contribution in [-0.2, 0) is 23.3 Å². The second-order valence-corrected chi connectivity index (χ2v) is 4.15. The average molecular weight is 234 g/mol. The van der Waals surface area contributed by atoms with Gasteiger partial charge >= 0.3 is 0 Å². The van der Waals surface area contributed by atoms with Crippen LogP contribution in [0.15, 0.2) is 0 Å². The first-order chi connectivity index (χ1) is 6.36. The molecule has 2 rings (SSSR count). The SMILES string of the molecule is [NH-]C1CCN(C2CCOCC2)CC1.[V]. The van der Waals surface area contributed by atoms with Crippen molar-refractivity contribution in [3.05, 3.63) is 5.73 Å². The zero-order chi connectivity index (χ0) is 9.10. The van der Waals surface area contributed by atoms with Crippen LogP contribution in [0.2, 0.25) is 0 Å². The number of likely N-dealkylation sites (tertiary alicyclic amines) is 1. The molecule has 0 unspecified atom stereocenters. The molecule has 0 aromatic rings. The van der Waals surface area contributed by atoms with Gasteiger partial charge in [-0.15, -0.1) is 6.04 Å². The summed E-state index contributed by atoms with van der Waals surface area (Å²) in [5, 5.41) is 0. The average Bonchev–Trinajstić information content (AvgIpc) is 2.20. The van der Waals surface area contributed by atoms with Gasteiger partial charge in [-0.2, -0.15) is 0 Å². The molecule has 0 aromatic carbocycles. The maximum Gasteiger partial charge on any atom is 0.0480 e. The standard InChI is InChI=1S/C10H19N2O.V/c11-9-1-5-12(6-2-9)10-3-7-13-8-4-10;/h9-11H,1-8H2;/q-1;. The Balaban J connectivity index is 0.000000980. The van der Waals surface area contributed by atoms with Gasteiger partial charge in [0.1, 0.15) is 0 Å². The molecule has 2 aliphatic rings. The summed E-state index contributed by atoms with van der Waals surface area (Å²) in [7, 11) is 0. The molecule has 2 aliphatic heterocycles. The van der Waals surface area contributed by atoms with E-state index in [0.717, 1.165) is 45.2 Å². The van der Waals surface area contributed by atoms with Crippen LogP contribution >= 0.6 is 0 Å². The number of nitrogens with zero attached hydrogens (tertiary/aromatic N) is 1. The van der Waals surface area contributed by atoms with Crippen LogP contribution in [0.25, 0.3) is 5.73 Å². The smallest absolute Gasteiger partial charge is 0.0480 e. The van der Waals surface area contributed by atoms with E-state index in [1.165, 1.54) is 12.8 Å². The molecule has 2 fully saturated rings. The molecule has 0 aliphatic carbocycles. The maximum absolute atomic E-state index is 7.62. The molecule has 14 heavy (non-hydrogen) atoms. The summed E-state index contributed by atoms with van der Waals surface area (Å²) in [5.41, 5.74) is 7.62. The fourth-order valence-electron chi connectivity index (χ4n) is 2.31. The molecular weight excluding hydrogens is 215 g/mol. The van der Waals surface area contributed by atoms with E-state index in [2.05, 4.69) is 4.90 Å². The predicted octanol–water partition coefficient (Wildman–Crippen LogP) is 1.68. The van der Waals surface area contributed by atoms with Crippen LogP contribution in [0.4, 0.5) is 0 Å². The van der Waals surface area contributed by atoms with Crippen LogP contribution in [0.5, 0.6) is 0 Å². The Labute approximate surface area is 98.2 Å². The monoisotopic (exact) mass is 234 g/mol. The van der Waals surface area contributed by atoms with Crippen molar-refractivity contribution in [2.24, 2.45) is 0 Å². The van der Waals surface area contributed by atoms with Crippen molar-refractivity contribution in [2.75, 3.05) is 26.3 Å². The van der Waals surface area contributed by atoms with Gasteiger partial charge in [-0.1, -0.05) is 12.8 Å². The summed E-state index contributed by atoms with van der Waals surface area (Å²) in [6, 6.07) is 0.956. The fourth-order valence-corrected chi connectivity index (χ4v) is 2.31. The molecule has 4 heteroatoms. The van der Waals surface area contributed by atoms with Crippen molar-refractivity contribution in [1.82, 2.24) is 4.90 Å². The quantitative estimate of drug-likeness (QED) is 0.692. The summed E-state index contributed by atoms with van der Waals surface area (Å²) < 4.78 is 5.35. The Morgan fingerprint density at radius 2 is 1.57 bits per heavy atom. The number of hydrogen-bond acceptors (Lipinski definition) is 2. The number of ether oxygens (including phenoxy) is 1. The van der Waals surface area contributed by atoms with Crippen molar-refractivity contribution in [3.8, 4) is 0 Å². The fraction of sp³-hybridized carbons (Fsp3) is 1.00. The first-order valence-electron chi connectivity index (χ1n) is 5.39. The van der Waals surface area contributed by atoms with Crippen molar-refractivity contribution in [2.45, 2.75) is 37.8 Å². The first-order valence-corrected chi connectivity index (χ1v) is 5.39. The summed E-state index contributed by atoms with van der Waals surface area (Å²) in [6.07, 6.45) is 4.53. The Morgan fingerprint density at radius 3 is 2.14 bits per heavy atom. The molecule has 0 aromatic heterocycles. The molecule has 0 saturated carbocycles. The van der Waals surface area contributed by atoms with Gasteiger partial charge in [0.25, 0.3) is 0 Å². The predicted molar refractivity (Wildman–Crippen MR) is 52.8 cm³/mol. The molecule has 81 valence electrons. The van der Waals surface area contributed by atoms with E-state index in [0.29, 0.717) is 0 Å². The second kappa shape index (κ2) is 6.14. The van der Waals surface area contributed by atoms with Crippen LogP contribution in [-0.4, -0.2) is 43.3 Å². The van der Waals surface area contributed by atoms with Gasteiger partial charge < -0.3 is 15.4 Å². The third-order valence-corrected chi connectivity index (χ3v) is 3.24. The summed E-state index contributed by atoms with van der Waals surface area (Å²) in [6.45, 7) is 4.15. The number of rotatable bonds is 1. The van der Waals surface area contributed by atoms with Crippen LogP contribution in [0.3, 0.4) is 0 Å². The van der Waals surface area contributed by atoms with Gasteiger partial charge in [0.2, 0.25) is 0 Å². The van der Waals surface area contributed by atoms with Gasteiger partial charge in [0, 0.05) is 37.8 Å². The summed E-state index contributed by atoms with van der Waals surface area (Å²) in [4.78, 5) is 2.56. The van der Waals surface area contributed by atoms with E-state index in [1.807, 2.05) is 0 Å². The molecule has 0 spiro atoms. The van der Waals surface area contributed by atoms with E-state index >= 15 is 0 Å². The van der Waals surface area contributed by atoms with Crippen molar-refractivity contribution >= 4 is 0 Å². The van der Waals surface area contributed by atoms with E-state index in [1.54, 1.807) is 0 Å². The molecule has 0 amide bonds. The van der Waals surface area contributed by atoms with Gasteiger partial charge in [0.15, 0.2) is 0 Å². The van der Waals surface area contributed by atoms with Crippen molar-refractivity contribution in [1.29, 1.82) is 0 Å². The Kier molecular flexibility index (Phi) is 5.49. The van der Waals surface area contributed by atoms with Gasteiger partial charge in [-0.3, -0.25) is 0 Å². The van der Waals surface area contributed by atoms with Gasteiger partial charge in [-0.05, 0) is 25.9 Å². The molecule has 1 N–H and O–H groups in total. The van der Waals surface area contributed by atoms with Gasteiger partial charge in [0.05, 0.1) is 0 Å². The third-order valence-electron chi connectivity index (χ3n) is 3.24. The number of hydrogen-bond donors (Lipinski definition) is 0. The van der Waals surface area contributed by atoms with E-state index < -0.39 is 0 Å². The first kappa shape index (κ1) is 12.5. The van der Waals surface area contributed by atoms with E-state index in [4.69, 9.17) is 10.5 Å². The molecule has 3 nitrogen and oxygen atoms in total. The van der Waals surface area contributed by atoms with Crippen LogP contribution < -0.4 is 0 Å². The number of piperidine rings is 1. The molecule has 1 radical (unpaired) electrons. The third kappa shape index (κ3) is 3.25. The second-order valence-electron chi connectivity index (χ2n) is 4.15. The number of nitrogens with one attached hydrogen (secondary N) is 1. The molecule has 2 saturated heterocycles. The Bertz CT molecular complexity index is 154. The zero-order valence-corrected chi connectivity index (χ0v) is 10.0. The van der Waals surface area contributed by atoms with E-state index in [9.17, 15) is 0 Å². The summed E-state index contributed by atoms with van der Waals surface area (Å²) >= 11 is 0. The minimum absolute atomic E-state index is 0. The van der Waals surface area contributed by atoms with Crippen molar-refractivity contribution in [3.63, 3.8) is 0 Å². The normalized spacial score (nSPS) is 27.2. The molecule has 0 atom stereocenters. The van der Waals surface area contributed by atoms with Crippen molar-refractivity contribution < 1.29 is 23.3 Å². The largest absolute Gasteiger partial charge is 0.675 e. The maximum atomic E-state index is 7.62. The van der Waals surface area contributed by atoms with Crippen LogP contribution in [0, 0.1) is 0 Å².